The minimum atomic E-state index is -0.734. The number of nitrogens with zero attached hydrogens (tertiary/aromatic N) is 4. The first-order chi connectivity index (χ1) is 11.9. The van der Waals surface area contributed by atoms with Gasteiger partial charge in [-0.3, -0.25) is 29.2 Å². The van der Waals surface area contributed by atoms with Gasteiger partial charge in [0.15, 0.2) is 0 Å². The van der Waals surface area contributed by atoms with E-state index >= 15 is 0 Å². The standard InChI is InChI=1S/C15H14N4O4S2/c1-17(2)8-18-11(14-24-7-10(20)25-14)13(22)19(15(18)23)12(21)9-4-3-5-16-6-9/h3-6H,7-8H2,1-2H3. The second-order valence-corrected chi connectivity index (χ2v) is 7.83. The van der Waals surface area contributed by atoms with E-state index in [9.17, 15) is 19.2 Å². The smallest absolute Gasteiger partial charge is 0.292 e. The predicted molar refractivity (Wildman–Crippen MR) is 93.3 cm³/mol. The monoisotopic (exact) mass is 378 g/mol. The Labute approximate surface area is 152 Å². The van der Waals surface area contributed by atoms with Crippen LogP contribution in [0.5, 0.6) is 0 Å². The number of urea groups is 1. The summed E-state index contributed by atoms with van der Waals surface area (Å²) in [6, 6.07) is 2.31. The lowest BCUT2D eigenvalue weighted by molar-refractivity contribution is -0.121. The van der Waals surface area contributed by atoms with Crippen molar-refractivity contribution in [1.29, 1.82) is 0 Å². The van der Waals surface area contributed by atoms with Crippen molar-refractivity contribution >= 4 is 46.5 Å². The molecule has 0 saturated carbocycles. The van der Waals surface area contributed by atoms with Gasteiger partial charge in [0.05, 0.1) is 22.2 Å². The molecule has 1 aromatic rings. The average molecular weight is 378 g/mol. The van der Waals surface area contributed by atoms with Crippen LogP contribution < -0.4 is 0 Å². The SMILES string of the molecule is CN(C)CN1C(=O)N(C(=O)c2cccnc2)C(=O)C1=C1SCC(=O)S1. The summed E-state index contributed by atoms with van der Waals surface area (Å²) in [7, 11) is 3.48. The predicted octanol–water partition coefficient (Wildman–Crippen LogP) is 1.18. The highest BCUT2D eigenvalue weighted by molar-refractivity contribution is 8.34. The normalized spacial score (nSPS) is 21.0. The molecule has 2 saturated heterocycles. The lowest BCUT2D eigenvalue weighted by atomic mass is 10.2. The number of carbonyl (C=O) groups excluding carboxylic acids is 4. The molecule has 0 bridgehead atoms. The molecule has 3 heterocycles. The van der Waals surface area contributed by atoms with Crippen molar-refractivity contribution in [3.8, 4) is 0 Å². The molecule has 3 rings (SSSR count). The first-order valence-electron chi connectivity index (χ1n) is 7.23. The quantitative estimate of drug-likeness (QED) is 0.440. The lowest BCUT2D eigenvalue weighted by Gasteiger charge is -2.21. The summed E-state index contributed by atoms with van der Waals surface area (Å²) in [6.45, 7) is 0.121. The maximum Gasteiger partial charge on any atom is 0.340 e. The topological polar surface area (TPSA) is 90.9 Å². The lowest BCUT2D eigenvalue weighted by Crippen LogP contribution is -2.40. The van der Waals surface area contributed by atoms with Gasteiger partial charge in [-0.05, 0) is 38.0 Å². The number of imide groups is 3. The van der Waals surface area contributed by atoms with Gasteiger partial charge in [0.2, 0.25) is 5.12 Å². The van der Waals surface area contributed by atoms with Crippen LogP contribution in [0.15, 0.2) is 34.5 Å². The summed E-state index contributed by atoms with van der Waals surface area (Å²) >= 11 is 2.13. The molecular weight excluding hydrogens is 364 g/mol. The largest absolute Gasteiger partial charge is 0.340 e. The number of amides is 4. The van der Waals surface area contributed by atoms with E-state index in [4.69, 9.17) is 0 Å². The minimum absolute atomic E-state index is 0.0804. The number of carbonyl (C=O) groups is 4. The third-order valence-corrected chi connectivity index (χ3v) is 5.75. The third-order valence-electron chi connectivity index (χ3n) is 3.35. The molecule has 10 heteroatoms. The minimum Gasteiger partial charge on any atom is -0.292 e. The van der Waals surface area contributed by atoms with Gasteiger partial charge in [-0.2, -0.15) is 4.90 Å². The van der Waals surface area contributed by atoms with Crippen molar-refractivity contribution in [1.82, 2.24) is 19.7 Å². The van der Waals surface area contributed by atoms with Gasteiger partial charge >= 0.3 is 6.03 Å². The molecule has 4 amide bonds. The molecule has 2 fully saturated rings. The molecule has 0 atom stereocenters. The van der Waals surface area contributed by atoms with Crippen LogP contribution in [0, 0.1) is 0 Å². The molecule has 1 aromatic heterocycles. The van der Waals surface area contributed by atoms with Gasteiger partial charge in [-0.15, -0.1) is 11.8 Å². The van der Waals surface area contributed by atoms with E-state index in [1.807, 2.05) is 0 Å². The van der Waals surface area contributed by atoms with Gasteiger partial charge in [0, 0.05) is 12.4 Å². The number of thioether (sulfide) groups is 2. The Morgan fingerprint density at radius 1 is 1.32 bits per heavy atom. The Morgan fingerprint density at radius 2 is 2.08 bits per heavy atom. The summed E-state index contributed by atoms with van der Waals surface area (Å²) in [5.74, 6) is -1.22. The molecule has 0 radical (unpaired) electrons. The van der Waals surface area contributed by atoms with E-state index < -0.39 is 17.8 Å². The number of hydrogen-bond acceptors (Lipinski definition) is 8. The molecule has 2 aliphatic heterocycles. The van der Waals surface area contributed by atoms with Crippen molar-refractivity contribution < 1.29 is 19.2 Å². The summed E-state index contributed by atoms with van der Waals surface area (Å²) in [5, 5.41) is -0.0883. The zero-order valence-corrected chi connectivity index (χ0v) is 15.1. The second kappa shape index (κ2) is 6.98. The summed E-state index contributed by atoms with van der Waals surface area (Å²) in [6.07, 6.45) is 2.79. The van der Waals surface area contributed by atoms with E-state index in [1.165, 1.54) is 35.1 Å². The van der Waals surface area contributed by atoms with Gasteiger partial charge in [-0.1, -0.05) is 0 Å². The van der Waals surface area contributed by atoms with Crippen LogP contribution in [0.1, 0.15) is 10.4 Å². The maximum absolute atomic E-state index is 12.8. The highest BCUT2D eigenvalue weighted by Gasteiger charge is 2.47. The van der Waals surface area contributed by atoms with Crippen LogP contribution in [0.3, 0.4) is 0 Å². The fourth-order valence-corrected chi connectivity index (χ4v) is 4.52. The fraction of sp³-hybridized carbons (Fsp3) is 0.267. The van der Waals surface area contributed by atoms with Crippen molar-refractivity contribution in [2.75, 3.05) is 26.5 Å². The zero-order valence-electron chi connectivity index (χ0n) is 13.5. The van der Waals surface area contributed by atoms with Gasteiger partial charge < -0.3 is 0 Å². The molecule has 25 heavy (non-hydrogen) atoms. The number of hydrogen-bond donors (Lipinski definition) is 0. The highest BCUT2D eigenvalue weighted by atomic mass is 32.2. The first kappa shape index (κ1) is 17.6. The Bertz CT molecular complexity index is 794. The van der Waals surface area contributed by atoms with Gasteiger partial charge in [0.1, 0.15) is 5.70 Å². The van der Waals surface area contributed by atoms with E-state index in [-0.39, 0.29) is 28.8 Å². The molecule has 0 aromatic carbocycles. The van der Waals surface area contributed by atoms with Crippen LogP contribution in [0.2, 0.25) is 0 Å². The van der Waals surface area contributed by atoms with Crippen LogP contribution in [0.4, 0.5) is 4.79 Å². The zero-order chi connectivity index (χ0) is 18.1. The Kier molecular flexibility index (Phi) is 4.93. The Hall–Kier alpha value is -2.17. The molecule has 0 aliphatic carbocycles. The maximum atomic E-state index is 12.8. The summed E-state index contributed by atoms with van der Waals surface area (Å²) in [4.78, 5) is 57.1. The Balaban J connectivity index is 2.02. The fourth-order valence-electron chi connectivity index (χ4n) is 2.34. The number of aromatic nitrogens is 1. The molecular formula is C15H14N4O4S2. The van der Waals surface area contributed by atoms with Crippen molar-refractivity contribution in [3.63, 3.8) is 0 Å². The Morgan fingerprint density at radius 3 is 2.64 bits per heavy atom. The van der Waals surface area contributed by atoms with Crippen molar-refractivity contribution in [2.24, 2.45) is 0 Å². The van der Waals surface area contributed by atoms with E-state index in [1.54, 1.807) is 25.1 Å². The molecule has 0 unspecified atom stereocenters. The molecule has 8 nitrogen and oxygen atoms in total. The van der Waals surface area contributed by atoms with E-state index in [0.29, 0.717) is 9.14 Å². The summed E-state index contributed by atoms with van der Waals surface area (Å²) in [5.41, 5.74) is 0.222. The van der Waals surface area contributed by atoms with Crippen LogP contribution in [-0.4, -0.2) is 69.2 Å². The van der Waals surface area contributed by atoms with E-state index in [2.05, 4.69) is 4.98 Å². The second-order valence-electron chi connectivity index (χ2n) is 5.52. The number of rotatable bonds is 3. The summed E-state index contributed by atoms with van der Waals surface area (Å²) < 4.78 is 0.451. The highest BCUT2D eigenvalue weighted by Crippen LogP contribution is 2.43. The molecule has 2 aliphatic rings. The molecule has 0 N–H and O–H groups in total. The van der Waals surface area contributed by atoms with Gasteiger partial charge in [-0.25, -0.2) is 4.79 Å². The third kappa shape index (κ3) is 3.32. The van der Waals surface area contributed by atoms with E-state index in [0.717, 1.165) is 11.8 Å². The first-order valence-corrected chi connectivity index (χ1v) is 9.03. The average Bonchev–Trinajstić information content (AvgIpc) is 3.09. The van der Waals surface area contributed by atoms with Gasteiger partial charge in [0.25, 0.3) is 11.8 Å². The van der Waals surface area contributed by atoms with Crippen LogP contribution in [-0.2, 0) is 9.59 Å². The number of pyridine rings is 1. The van der Waals surface area contributed by atoms with Crippen molar-refractivity contribution in [3.05, 3.63) is 40.0 Å². The molecule has 0 spiro atoms. The van der Waals surface area contributed by atoms with Crippen molar-refractivity contribution in [2.45, 2.75) is 0 Å². The molecule has 130 valence electrons. The van der Waals surface area contributed by atoms with Crippen LogP contribution in [0.25, 0.3) is 0 Å². The van der Waals surface area contributed by atoms with Crippen LogP contribution >= 0.6 is 23.5 Å².